The molecule has 0 spiro atoms. The molecule has 1 aromatic rings. The van der Waals surface area contributed by atoms with Crippen LogP contribution in [0.2, 0.25) is 5.02 Å². The van der Waals surface area contributed by atoms with E-state index in [2.05, 4.69) is 5.32 Å². The van der Waals surface area contributed by atoms with Gasteiger partial charge < -0.3 is 15.8 Å². The normalized spacial score (nSPS) is 11.6. The summed E-state index contributed by atoms with van der Waals surface area (Å²) in [6, 6.07) is 5.66. The molecular weight excluding hydrogens is 236 g/mol. The number of rotatable bonds is 6. The fourth-order valence-corrected chi connectivity index (χ4v) is 1.70. The minimum atomic E-state index is -0.218. The van der Waals surface area contributed by atoms with E-state index in [-0.39, 0.29) is 5.54 Å². The topological polar surface area (TPSA) is 47.3 Å². The highest BCUT2D eigenvalue weighted by atomic mass is 35.5. The van der Waals surface area contributed by atoms with E-state index in [1.54, 1.807) is 0 Å². The Morgan fingerprint density at radius 3 is 2.71 bits per heavy atom. The molecule has 0 amide bonds. The maximum Gasteiger partial charge on any atom is 0.123 e. The van der Waals surface area contributed by atoms with Gasteiger partial charge in [-0.1, -0.05) is 11.6 Å². The predicted molar refractivity (Wildman–Crippen MR) is 72.6 cm³/mol. The Bertz CT molecular complexity index is 361. The summed E-state index contributed by atoms with van der Waals surface area (Å²) >= 11 is 5.98. The lowest BCUT2D eigenvalue weighted by atomic mass is 10.1. The van der Waals surface area contributed by atoms with Crippen molar-refractivity contribution in [1.29, 1.82) is 0 Å². The number of nitrogens with one attached hydrogen (secondary N) is 1. The molecule has 4 heteroatoms. The first kappa shape index (κ1) is 14.3. The Balaban J connectivity index is 2.65. The van der Waals surface area contributed by atoms with Crippen molar-refractivity contribution in [2.24, 2.45) is 5.73 Å². The number of ether oxygens (including phenoxy) is 1. The van der Waals surface area contributed by atoms with Crippen LogP contribution >= 0.6 is 11.6 Å². The van der Waals surface area contributed by atoms with E-state index < -0.39 is 0 Å². The van der Waals surface area contributed by atoms with Crippen LogP contribution in [0.5, 0.6) is 5.75 Å². The zero-order valence-electron chi connectivity index (χ0n) is 10.7. The lowest BCUT2D eigenvalue weighted by Crippen LogP contribution is -2.42. The van der Waals surface area contributed by atoms with E-state index in [9.17, 15) is 0 Å². The number of nitrogens with two attached hydrogens (primary N) is 1. The summed E-state index contributed by atoms with van der Waals surface area (Å²) in [5.41, 5.74) is 6.75. The summed E-state index contributed by atoms with van der Waals surface area (Å²) in [6.45, 7) is 8.04. The summed E-state index contributed by atoms with van der Waals surface area (Å²) in [7, 11) is 0. The number of halogens is 1. The maximum atomic E-state index is 5.98. The van der Waals surface area contributed by atoms with Crippen LogP contribution in [0.15, 0.2) is 18.2 Å². The third-order valence-electron chi connectivity index (χ3n) is 2.22. The number of benzene rings is 1. The Morgan fingerprint density at radius 2 is 2.12 bits per heavy atom. The molecule has 0 atom stereocenters. The van der Waals surface area contributed by atoms with Crippen molar-refractivity contribution in [2.45, 2.75) is 32.9 Å². The molecular formula is C13H21ClN2O. The van der Waals surface area contributed by atoms with Gasteiger partial charge in [0.1, 0.15) is 5.75 Å². The van der Waals surface area contributed by atoms with Crippen molar-refractivity contribution in [1.82, 2.24) is 5.32 Å². The van der Waals surface area contributed by atoms with Crippen molar-refractivity contribution in [3.63, 3.8) is 0 Å². The highest BCUT2D eigenvalue weighted by Gasteiger charge is 2.10. The van der Waals surface area contributed by atoms with Crippen LogP contribution in [0.25, 0.3) is 0 Å². The van der Waals surface area contributed by atoms with Crippen molar-refractivity contribution < 1.29 is 4.74 Å². The highest BCUT2D eigenvalue weighted by molar-refractivity contribution is 6.30. The molecule has 1 rings (SSSR count). The lowest BCUT2D eigenvalue weighted by Gasteiger charge is -2.19. The summed E-state index contributed by atoms with van der Waals surface area (Å²) in [5, 5.41) is 4.02. The molecule has 3 nitrogen and oxygen atoms in total. The van der Waals surface area contributed by atoms with E-state index >= 15 is 0 Å². The first-order valence-corrected chi connectivity index (χ1v) is 6.21. The number of hydrogen-bond acceptors (Lipinski definition) is 3. The minimum absolute atomic E-state index is 0.218. The molecule has 0 saturated carbocycles. The Labute approximate surface area is 108 Å². The third kappa shape index (κ3) is 5.39. The highest BCUT2D eigenvalue weighted by Crippen LogP contribution is 2.22. The van der Waals surface area contributed by atoms with Gasteiger partial charge in [0.25, 0.3) is 0 Å². The second kappa shape index (κ2) is 6.24. The molecule has 0 fully saturated rings. The first-order chi connectivity index (χ1) is 7.92. The Morgan fingerprint density at radius 1 is 1.41 bits per heavy atom. The van der Waals surface area contributed by atoms with Gasteiger partial charge in [0.05, 0.1) is 6.61 Å². The Hall–Kier alpha value is -0.770. The second-order valence-corrected chi connectivity index (χ2v) is 5.21. The van der Waals surface area contributed by atoms with Crippen LogP contribution in [0, 0.1) is 0 Å². The van der Waals surface area contributed by atoms with Gasteiger partial charge in [0.15, 0.2) is 0 Å². The summed E-state index contributed by atoms with van der Waals surface area (Å²) < 4.78 is 5.54. The average Bonchev–Trinajstić information content (AvgIpc) is 2.20. The average molecular weight is 257 g/mol. The second-order valence-electron chi connectivity index (χ2n) is 4.78. The standard InChI is InChI=1S/C13H21ClN2O/c1-4-17-12-6-5-11(14)7-10(12)8-16-9-13(2,3)15/h5-7,16H,4,8-9,15H2,1-3H3. The monoisotopic (exact) mass is 256 g/mol. The molecule has 0 bridgehead atoms. The molecule has 0 saturated heterocycles. The van der Waals surface area contributed by atoms with E-state index in [1.165, 1.54) is 0 Å². The molecule has 1 aromatic carbocycles. The summed E-state index contributed by atoms with van der Waals surface area (Å²) in [5.74, 6) is 0.874. The van der Waals surface area contributed by atoms with E-state index in [1.807, 2.05) is 39.0 Å². The Kier molecular flexibility index (Phi) is 5.25. The van der Waals surface area contributed by atoms with Crippen molar-refractivity contribution in [3.05, 3.63) is 28.8 Å². The van der Waals surface area contributed by atoms with Gasteiger partial charge in [-0.3, -0.25) is 0 Å². The minimum Gasteiger partial charge on any atom is -0.494 e. The van der Waals surface area contributed by atoms with Gasteiger partial charge in [-0.2, -0.15) is 0 Å². The van der Waals surface area contributed by atoms with Crippen molar-refractivity contribution in [3.8, 4) is 5.75 Å². The lowest BCUT2D eigenvalue weighted by molar-refractivity contribution is 0.334. The summed E-state index contributed by atoms with van der Waals surface area (Å²) in [4.78, 5) is 0. The predicted octanol–water partition coefficient (Wildman–Crippen LogP) is 2.57. The van der Waals surface area contributed by atoms with Crippen LogP contribution in [0.1, 0.15) is 26.3 Å². The molecule has 0 heterocycles. The third-order valence-corrected chi connectivity index (χ3v) is 2.45. The zero-order chi connectivity index (χ0) is 12.9. The smallest absolute Gasteiger partial charge is 0.123 e. The summed E-state index contributed by atoms with van der Waals surface area (Å²) in [6.07, 6.45) is 0. The van der Waals surface area contributed by atoms with Gasteiger partial charge in [0.2, 0.25) is 0 Å². The van der Waals surface area contributed by atoms with Crippen LogP contribution in [-0.2, 0) is 6.54 Å². The molecule has 0 aliphatic heterocycles. The van der Waals surface area contributed by atoms with E-state index in [0.29, 0.717) is 13.2 Å². The SMILES string of the molecule is CCOc1ccc(Cl)cc1CNCC(C)(C)N. The van der Waals surface area contributed by atoms with E-state index in [4.69, 9.17) is 22.1 Å². The van der Waals surface area contributed by atoms with Gasteiger partial charge in [-0.05, 0) is 39.0 Å². The largest absolute Gasteiger partial charge is 0.494 e. The quantitative estimate of drug-likeness (QED) is 0.822. The van der Waals surface area contributed by atoms with Gasteiger partial charge >= 0.3 is 0 Å². The van der Waals surface area contributed by atoms with Crippen LogP contribution < -0.4 is 15.8 Å². The molecule has 0 aromatic heterocycles. The van der Waals surface area contributed by atoms with Crippen molar-refractivity contribution >= 4 is 11.6 Å². The molecule has 0 aliphatic carbocycles. The van der Waals surface area contributed by atoms with Gasteiger partial charge in [-0.15, -0.1) is 0 Å². The van der Waals surface area contributed by atoms with Gasteiger partial charge in [-0.25, -0.2) is 0 Å². The van der Waals surface area contributed by atoms with Crippen molar-refractivity contribution in [2.75, 3.05) is 13.2 Å². The zero-order valence-corrected chi connectivity index (χ0v) is 11.5. The van der Waals surface area contributed by atoms with Crippen LogP contribution in [0.3, 0.4) is 0 Å². The van der Waals surface area contributed by atoms with E-state index in [0.717, 1.165) is 22.9 Å². The molecule has 0 radical (unpaired) electrons. The molecule has 0 aliphatic rings. The molecule has 0 unspecified atom stereocenters. The molecule has 17 heavy (non-hydrogen) atoms. The molecule has 96 valence electrons. The first-order valence-electron chi connectivity index (χ1n) is 5.83. The fourth-order valence-electron chi connectivity index (χ4n) is 1.50. The number of hydrogen-bond donors (Lipinski definition) is 2. The van der Waals surface area contributed by atoms with Crippen LogP contribution in [-0.4, -0.2) is 18.7 Å². The molecule has 3 N–H and O–H groups in total. The fraction of sp³-hybridized carbons (Fsp3) is 0.538. The van der Waals surface area contributed by atoms with Crippen LogP contribution in [0.4, 0.5) is 0 Å². The van der Waals surface area contributed by atoms with Gasteiger partial charge in [0, 0.05) is 29.2 Å². The maximum absolute atomic E-state index is 5.98.